The molecule has 1 heterocycles. The third kappa shape index (κ3) is 7.74. The molecular formula is C20H23F3N4O7S2. The first-order valence-corrected chi connectivity index (χ1v) is 12.6. The van der Waals surface area contributed by atoms with E-state index in [0.717, 1.165) is 24.0 Å². The molecule has 0 saturated heterocycles. The Labute approximate surface area is 211 Å². The standard InChI is InChI=1S/C20H23F3N4O7S2/c1-10(2)15(17(30)31)25-16(29)13(9-35-36-18(32)33-3)24-14(28)8-34-12-6-4-5-11(7-12)19(26-27-19)20(21,22)23/h4-7,10,13,15H,8-9H2,1-3H3,(H,24,28)(H,25,29)(H,30,31). The van der Waals surface area contributed by atoms with E-state index in [4.69, 9.17) is 4.74 Å². The molecule has 1 aromatic carbocycles. The summed E-state index contributed by atoms with van der Waals surface area (Å²) < 4.78 is 49.4. The van der Waals surface area contributed by atoms with E-state index in [-0.39, 0.29) is 17.1 Å². The Morgan fingerprint density at radius 2 is 1.83 bits per heavy atom. The van der Waals surface area contributed by atoms with Crippen molar-refractivity contribution in [2.24, 2.45) is 16.1 Å². The molecule has 0 radical (unpaired) electrons. The number of hydrogen-bond donors (Lipinski definition) is 3. The number of carboxylic acids is 1. The molecule has 2 rings (SSSR count). The van der Waals surface area contributed by atoms with Crippen LogP contribution in [0.4, 0.5) is 18.0 Å². The number of carboxylic acid groups (broad SMARTS) is 1. The Balaban J connectivity index is 2.03. The van der Waals surface area contributed by atoms with Crippen LogP contribution in [0.1, 0.15) is 19.4 Å². The van der Waals surface area contributed by atoms with Crippen molar-refractivity contribution in [3.63, 3.8) is 0 Å². The van der Waals surface area contributed by atoms with Gasteiger partial charge in [0, 0.05) is 22.1 Å². The number of halogens is 3. The monoisotopic (exact) mass is 552 g/mol. The first-order chi connectivity index (χ1) is 16.8. The van der Waals surface area contributed by atoms with Gasteiger partial charge in [-0.2, -0.15) is 13.2 Å². The molecule has 1 aliphatic heterocycles. The van der Waals surface area contributed by atoms with E-state index in [9.17, 15) is 37.5 Å². The summed E-state index contributed by atoms with van der Waals surface area (Å²) in [7, 11) is 2.72. The van der Waals surface area contributed by atoms with Crippen molar-refractivity contribution in [3.8, 4) is 5.75 Å². The maximum Gasteiger partial charge on any atom is 0.442 e. The fourth-order valence-corrected chi connectivity index (χ4v) is 4.47. The van der Waals surface area contributed by atoms with Gasteiger partial charge in [0.15, 0.2) is 6.61 Å². The van der Waals surface area contributed by atoms with Crippen LogP contribution in [0.5, 0.6) is 5.75 Å². The number of rotatable bonds is 12. The minimum absolute atomic E-state index is 0.0639. The molecule has 0 fully saturated rings. The van der Waals surface area contributed by atoms with Crippen LogP contribution in [0.2, 0.25) is 0 Å². The molecule has 0 saturated carbocycles. The molecule has 36 heavy (non-hydrogen) atoms. The highest BCUT2D eigenvalue weighted by molar-refractivity contribution is 8.82. The smallest absolute Gasteiger partial charge is 0.442 e. The highest BCUT2D eigenvalue weighted by Gasteiger charge is 2.65. The van der Waals surface area contributed by atoms with Crippen molar-refractivity contribution in [1.29, 1.82) is 0 Å². The average Bonchev–Trinajstić information content (AvgIpc) is 3.62. The molecule has 1 aromatic rings. The normalized spacial score (nSPS) is 15.5. The van der Waals surface area contributed by atoms with E-state index in [1.807, 2.05) is 0 Å². The molecule has 16 heteroatoms. The molecule has 2 unspecified atom stereocenters. The second-order valence-electron chi connectivity index (χ2n) is 7.70. The van der Waals surface area contributed by atoms with Gasteiger partial charge in [0.05, 0.1) is 7.11 Å². The predicted octanol–water partition coefficient (Wildman–Crippen LogP) is 3.10. The van der Waals surface area contributed by atoms with Crippen LogP contribution in [0.3, 0.4) is 0 Å². The van der Waals surface area contributed by atoms with Crippen molar-refractivity contribution in [2.45, 2.75) is 37.8 Å². The molecule has 2 amide bonds. The molecular weight excluding hydrogens is 529 g/mol. The van der Waals surface area contributed by atoms with Crippen LogP contribution in [-0.2, 0) is 24.8 Å². The lowest BCUT2D eigenvalue weighted by Gasteiger charge is -2.23. The zero-order valence-corrected chi connectivity index (χ0v) is 20.8. The number of alkyl halides is 3. The highest BCUT2D eigenvalue weighted by atomic mass is 33.1. The van der Waals surface area contributed by atoms with Gasteiger partial charge in [-0.1, -0.05) is 36.8 Å². The summed E-state index contributed by atoms with van der Waals surface area (Å²) in [5, 5.41) is 19.6. The molecule has 0 spiro atoms. The van der Waals surface area contributed by atoms with Gasteiger partial charge < -0.3 is 25.2 Å². The number of aliphatic carboxylic acids is 1. The van der Waals surface area contributed by atoms with E-state index < -0.39 is 59.5 Å². The SMILES string of the molecule is COC(=O)SSCC(NC(=O)COc1cccc(C2(C(F)(F)F)N=N2)c1)C(=O)NC(C(=O)O)C(C)C. The summed E-state index contributed by atoms with van der Waals surface area (Å²) in [5.41, 5.74) is -2.93. The first-order valence-electron chi connectivity index (χ1n) is 10.2. The number of nitrogens with one attached hydrogen (secondary N) is 2. The molecule has 198 valence electrons. The quantitative estimate of drug-likeness (QED) is 0.262. The zero-order chi connectivity index (χ0) is 27.1. The van der Waals surface area contributed by atoms with Crippen LogP contribution in [0.25, 0.3) is 0 Å². The number of ether oxygens (including phenoxy) is 2. The van der Waals surface area contributed by atoms with Crippen molar-refractivity contribution in [2.75, 3.05) is 19.5 Å². The second-order valence-corrected chi connectivity index (χ2v) is 9.97. The summed E-state index contributed by atoms with van der Waals surface area (Å²) in [6.45, 7) is 2.51. The van der Waals surface area contributed by atoms with Crippen LogP contribution in [0, 0.1) is 5.92 Å². The number of hydrogen-bond acceptors (Lipinski definition) is 10. The van der Waals surface area contributed by atoms with E-state index in [1.54, 1.807) is 13.8 Å². The Hall–Kier alpha value is -3.01. The van der Waals surface area contributed by atoms with Gasteiger partial charge in [0.25, 0.3) is 5.91 Å². The Kier molecular flexibility index (Phi) is 9.98. The lowest BCUT2D eigenvalue weighted by Crippen LogP contribution is -2.54. The average molecular weight is 553 g/mol. The molecule has 3 N–H and O–H groups in total. The van der Waals surface area contributed by atoms with Crippen LogP contribution in [0.15, 0.2) is 34.5 Å². The minimum Gasteiger partial charge on any atom is -0.484 e. The van der Waals surface area contributed by atoms with Crippen molar-refractivity contribution in [1.82, 2.24) is 10.6 Å². The topological polar surface area (TPSA) is 156 Å². The number of carbonyl (C=O) groups is 4. The van der Waals surface area contributed by atoms with Gasteiger partial charge in [-0.05, 0) is 18.1 Å². The van der Waals surface area contributed by atoms with Gasteiger partial charge in [-0.3, -0.25) is 9.59 Å². The van der Waals surface area contributed by atoms with Crippen molar-refractivity contribution >= 4 is 44.7 Å². The first kappa shape index (κ1) is 29.2. The lowest BCUT2D eigenvalue weighted by molar-refractivity contribution is -0.166. The van der Waals surface area contributed by atoms with Gasteiger partial charge in [-0.15, -0.1) is 10.2 Å². The number of amides is 2. The predicted molar refractivity (Wildman–Crippen MR) is 123 cm³/mol. The van der Waals surface area contributed by atoms with Crippen LogP contribution >= 0.6 is 21.6 Å². The fraction of sp³-hybridized carbons (Fsp3) is 0.500. The number of benzene rings is 1. The number of carbonyl (C=O) groups excluding carboxylic acids is 3. The summed E-state index contributed by atoms with van der Waals surface area (Å²) in [6.07, 6.45) is -4.73. The van der Waals surface area contributed by atoms with Gasteiger partial charge in [0.1, 0.15) is 17.8 Å². The van der Waals surface area contributed by atoms with E-state index >= 15 is 0 Å². The third-order valence-electron chi connectivity index (χ3n) is 4.71. The lowest BCUT2D eigenvalue weighted by atomic mass is 10.0. The van der Waals surface area contributed by atoms with E-state index in [2.05, 4.69) is 25.6 Å². The molecule has 1 aliphatic rings. The molecule has 2 atom stereocenters. The fourth-order valence-electron chi connectivity index (χ4n) is 2.76. The van der Waals surface area contributed by atoms with Crippen LogP contribution < -0.4 is 15.4 Å². The van der Waals surface area contributed by atoms with Crippen molar-refractivity contribution < 1.29 is 46.9 Å². The highest BCUT2D eigenvalue weighted by Crippen LogP contribution is 2.52. The summed E-state index contributed by atoms with van der Waals surface area (Å²) in [4.78, 5) is 47.8. The van der Waals surface area contributed by atoms with E-state index in [0.29, 0.717) is 10.8 Å². The number of methoxy groups -OCH3 is 1. The Bertz CT molecular complexity index is 1020. The molecule has 0 bridgehead atoms. The molecule has 0 aromatic heterocycles. The van der Waals surface area contributed by atoms with Gasteiger partial charge in [-0.25, -0.2) is 9.59 Å². The van der Waals surface area contributed by atoms with E-state index in [1.165, 1.54) is 18.2 Å². The van der Waals surface area contributed by atoms with Crippen molar-refractivity contribution in [3.05, 3.63) is 29.8 Å². The Morgan fingerprint density at radius 3 is 2.36 bits per heavy atom. The molecule has 0 aliphatic carbocycles. The summed E-state index contributed by atoms with van der Waals surface area (Å²) in [5.74, 6) is -3.55. The second kappa shape index (κ2) is 12.3. The maximum absolute atomic E-state index is 13.2. The summed E-state index contributed by atoms with van der Waals surface area (Å²) >= 11 is 0. The third-order valence-corrected chi connectivity index (χ3v) is 6.77. The van der Waals surface area contributed by atoms with Crippen LogP contribution in [-0.4, -0.2) is 65.9 Å². The van der Waals surface area contributed by atoms with Gasteiger partial charge >= 0.3 is 23.1 Å². The molecule has 11 nitrogen and oxygen atoms in total. The Morgan fingerprint density at radius 1 is 1.17 bits per heavy atom. The maximum atomic E-state index is 13.2. The summed E-state index contributed by atoms with van der Waals surface area (Å²) in [6, 6.07) is 2.35. The zero-order valence-electron chi connectivity index (χ0n) is 19.2. The number of nitrogens with zero attached hydrogens (tertiary/aromatic N) is 2. The minimum atomic E-state index is -4.73. The largest absolute Gasteiger partial charge is 0.484 e. The van der Waals surface area contributed by atoms with Gasteiger partial charge in [0.2, 0.25) is 5.91 Å².